The maximum atomic E-state index is 13.2. The molecule has 20 heavy (non-hydrogen) atoms. The minimum atomic E-state index is -0.378. The molecule has 1 saturated carbocycles. The molecule has 2 nitrogen and oxygen atoms in total. The molecule has 0 saturated heterocycles. The third kappa shape index (κ3) is 3.72. The average molecular weight is 298 g/mol. The summed E-state index contributed by atoms with van der Waals surface area (Å²) in [5.41, 5.74) is 1.21. The molecular weight excluding hydrogens is 277 g/mol. The molecule has 0 aliphatic heterocycles. The van der Waals surface area contributed by atoms with Gasteiger partial charge in [0.05, 0.1) is 0 Å². The Kier molecular flexibility index (Phi) is 5.41. The van der Waals surface area contributed by atoms with Crippen LogP contribution in [-0.4, -0.2) is 18.3 Å². The molecule has 1 amide bonds. The first-order chi connectivity index (χ1) is 9.61. The number of carbonyl (C=O) groups excluding carboxylic acids is 1. The number of nitrogens with one attached hydrogen (secondary N) is 1. The fraction of sp³-hybridized carbons (Fsp3) is 0.562. The van der Waals surface area contributed by atoms with E-state index in [9.17, 15) is 9.18 Å². The van der Waals surface area contributed by atoms with E-state index in [0.29, 0.717) is 29.8 Å². The van der Waals surface area contributed by atoms with Crippen molar-refractivity contribution in [2.24, 2.45) is 11.8 Å². The zero-order chi connectivity index (χ0) is 14.5. The minimum absolute atomic E-state index is 0.194. The lowest BCUT2D eigenvalue weighted by atomic mass is 9.80. The zero-order valence-corrected chi connectivity index (χ0v) is 12.5. The predicted octanol–water partition coefficient (Wildman–Crippen LogP) is 3.91. The molecule has 4 heteroatoms. The van der Waals surface area contributed by atoms with Gasteiger partial charge in [0.2, 0.25) is 0 Å². The highest BCUT2D eigenvalue weighted by Gasteiger charge is 2.24. The van der Waals surface area contributed by atoms with E-state index >= 15 is 0 Å². The Labute approximate surface area is 124 Å². The van der Waals surface area contributed by atoms with Crippen LogP contribution in [0.15, 0.2) is 18.2 Å². The second kappa shape index (κ2) is 7.07. The van der Waals surface area contributed by atoms with Gasteiger partial charge in [-0.05, 0) is 49.3 Å². The van der Waals surface area contributed by atoms with Crippen LogP contribution in [0.3, 0.4) is 0 Å². The first kappa shape index (κ1) is 15.3. The lowest BCUT2D eigenvalue weighted by molar-refractivity contribution is 0.0935. The summed E-state index contributed by atoms with van der Waals surface area (Å²) in [6, 6.07) is 4.30. The molecule has 2 rings (SSSR count). The normalized spacial score (nSPS) is 22.6. The minimum Gasteiger partial charge on any atom is -0.352 e. The number of carbonyl (C=O) groups is 1. The van der Waals surface area contributed by atoms with Crippen LogP contribution in [0.4, 0.5) is 4.39 Å². The third-order valence-electron chi connectivity index (χ3n) is 4.23. The van der Waals surface area contributed by atoms with E-state index in [1.807, 2.05) is 6.92 Å². The molecule has 0 aromatic heterocycles. The van der Waals surface area contributed by atoms with Crippen molar-refractivity contribution in [1.82, 2.24) is 5.32 Å². The number of benzene rings is 1. The molecular formula is C16H21ClFNO. The highest BCUT2D eigenvalue weighted by molar-refractivity contribution is 6.18. The van der Waals surface area contributed by atoms with Gasteiger partial charge in [0.15, 0.2) is 0 Å². The largest absolute Gasteiger partial charge is 0.352 e. The smallest absolute Gasteiger partial charge is 0.251 e. The van der Waals surface area contributed by atoms with E-state index in [2.05, 4.69) is 5.32 Å². The average Bonchev–Trinajstić information content (AvgIpc) is 2.47. The highest BCUT2D eigenvalue weighted by Crippen LogP contribution is 2.30. The monoisotopic (exact) mass is 297 g/mol. The van der Waals surface area contributed by atoms with Crippen LogP contribution in [0, 0.1) is 24.6 Å². The predicted molar refractivity (Wildman–Crippen MR) is 79.6 cm³/mol. The van der Waals surface area contributed by atoms with Gasteiger partial charge in [-0.3, -0.25) is 4.79 Å². The third-order valence-corrected chi connectivity index (χ3v) is 4.63. The van der Waals surface area contributed by atoms with Gasteiger partial charge in [0.25, 0.3) is 5.91 Å². The first-order valence-electron chi connectivity index (χ1n) is 7.22. The summed E-state index contributed by atoms with van der Waals surface area (Å²) >= 11 is 5.99. The Morgan fingerprint density at radius 3 is 2.75 bits per heavy atom. The summed E-state index contributed by atoms with van der Waals surface area (Å²) in [6.07, 6.45) is 4.68. The molecule has 1 aromatic rings. The Morgan fingerprint density at radius 1 is 1.35 bits per heavy atom. The zero-order valence-electron chi connectivity index (χ0n) is 11.8. The number of alkyl halides is 1. The lowest BCUT2D eigenvalue weighted by Crippen LogP contribution is -2.35. The van der Waals surface area contributed by atoms with Gasteiger partial charge in [-0.25, -0.2) is 4.39 Å². The Hall–Kier alpha value is -1.09. The topological polar surface area (TPSA) is 29.1 Å². The molecule has 0 heterocycles. The molecule has 0 spiro atoms. The number of hydrogen-bond acceptors (Lipinski definition) is 1. The molecule has 110 valence electrons. The number of halogens is 2. The van der Waals surface area contributed by atoms with E-state index < -0.39 is 0 Å². The second-order valence-corrected chi connectivity index (χ2v) is 5.94. The van der Waals surface area contributed by atoms with Gasteiger partial charge in [-0.2, -0.15) is 0 Å². The Bertz CT molecular complexity index is 478. The summed E-state index contributed by atoms with van der Waals surface area (Å²) in [6.45, 7) is 2.45. The quantitative estimate of drug-likeness (QED) is 0.839. The van der Waals surface area contributed by atoms with Crippen molar-refractivity contribution in [2.75, 3.05) is 12.4 Å². The number of rotatable bonds is 4. The van der Waals surface area contributed by atoms with Crippen LogP contribution in [0.1, 0.15) is 41.6 Å². The van der Waals surface area contributed by atoms with E-state index in [1.54, 1.807) is 6.07 Å². The molecule has 0 bridgehead atoms. The summed E-state index contributed by atoms with van der Waals surface area (Å²) in [5, 5.41) is 2.94. The second-order valence-electron chi connectivity index (χ2n) is 5.63. The van der Waals surface area contributed by atoms with Gasteiger partial charge < -0.3 is 5.32 Å². The van der Waals surface area contributed by atoms with E-state index in [-0.39, 0.29) is 11.7 Å². The number of aryl methyl sites for hydroxylation is 1. The Balaban J connectivity index is 1.96. The molecule has 2 atom stereocenters. The van der Waals surface area contributed by atoms with Crippen LogP contribution in [-0.2, 0) is 0 Å². The van der Waals surface area contributed by atoms with Crippen LogP contribution >= 0.6 is 11.6 Å². The standard InChI is InChI=1S/C16H21ClFNO/c1-11-6-7-14(18)8-15(11)16(20)19-10-13-5-3-2-4-12(13)9-17/h6-8,12-13H,2-5,9-10H2,1H3,(H,19,20). The van der Waals surface area contributed by atoms with Crippen molar-refractivity contribution < 1.29 is 9.18 Å². The van der Waals surface area contributed by atoms with Crippen LogP contribution in [0.2, 0.25) is 0 Å². The van der Waals surface area contributed by atoms with Gasteiger partial charge >= 0.3 is 0 Å². The molecule has 2 unspecified atom stereocenters. The van der Waals surface area contributed by atoms with E-state index in [4.69, 9.17) is 11.6 Å². The van der Waals surface area contributed by atoms with Crippen molar-refractivity contribution >= 4 is 17.5 Å². The highest BCUT2D eigenvalue weighted by atomic mass is 35.5. The van der Waals surface area contributed by atoms with Crippen molar-refractivity contribution in [3.8, 4) is 0 Å². The van der Waals surface area contributed by atoms with Gasteiger partial charge in [-0.15, -0.1) is 11.6 Å². The van der Waals surface area contributed by atoms with Gasteiger partial charge in [0.1, 0.15) is 5.82 Å². The number of amides is 1. The van der Waals surface area contributed by atoms with E-state index in [0.717, 1.165) is 18.4 Å². The fourth-order valence-electron chi connectivity index (χ4n) is 2.91. The van der Waals surface area contributed by atoms with Gasteiger partial charge in [-0.1, -0.05) is 18.9 Å². The van der Waals surface area contributed by atoms with Crippen molar-refractivity contribution in [3.63, 3.8) is 0 Å². The maximum absolute atomic E-state index is 13.2. The molecule has 0 radical (unpaired) electrons. The summed E-state index contributed by atoms with van der Waals surface area (Å²) in [4.78, 5) is 12.1. The lowest BCUT2D eigenvalue weighted by Gasteiger charge is -2.30. The fourth-order valence-corrected chi connectivity index (χ4v) is 3.32. The molecule has 1 fully saturated rings. The maximum Gasteiger partial charge on any atom is 0.251 e. The van der Waals surface area contributed by atoms with Gasteiger partial charge in [0, 0.05) is 18.0 Å². The van der Waals surface area contributed by atoms with Crippen molar-refractivity contribution in [2.45, 2.75) is 32.6 Å². The SMILES string of the molecule is Cc1ccc(F)cc1C(=O)NCC1CCCCC1CCl. The van der Waals surface area contributed by atoms with Crippen LogP contribution < -0.4 is 5.32 Å². The molecule has 1 aliphatic carbocycles. The number of hydrogen-bond donors (Lipinski definition) is 1. The molecule has 1 aliphatic rings. The first-order valence-corrected chi connectivity index (χ1v) is 7.75. The summed E-state index contributed by atoms with van der Waals surface area (Å²) < 4.78 is 13.2. The van der Waals surface area contributed by atoms with E-state index in [1.165, 1.54) is 25.0 Å². The molecule has 1 N–H and O–H groups in total. The van der Waals surface area contributed by atoms with Crippen molar-refractivity contribution in [3.05, 3.63) is 35.1 Å². The molecule has 1 aromatic carbocycles. The summed E-state index contributed by atoms with van der Waals surface area (Å²) in [5.74, 6) is 1.01. The summed E-state index contributed by atoms with van der Waals surface area (Å²) in [7, 11) is 0. The Morgan fingerprint density at radius 2 is 2.05 bits per heavy atom. The van der Waals surface area contributed by atoms with Crippen LogP contribution in [0.25, 0.3) is 0 Å². The van der Waals surface area contributed by atoms with Crippen molar-refractivity contribution in [1.29, 1.82) is 0 Å². The van der Waals surface area contributed by atoms with Crippen LogP contribution in [0.5, 0.6) is 0 Å².